The molecule has 1 rings (SSSR count). The smallest absolute Gasteiger partial charge is 0.325 e. The number of unbranched alkanes of at least 4 members (excludes halogenated alkanes) is 15. The topological polar surface area (TPSA) is 102 Å². The summed E-state index contributed by atoms with van der Waals surface area (Å²) in [5, 5.41) is 11.8. The first-order valence-electron chi connectivity index (χ1n) is 13.5. The normalized spacial score (nSPS) is 11.9. The number of ether oxygens (including phenoxy) is 1. The molecule has 6 nitrogen and oxygen atoms in total. The molecular formula is C28H48N2O4. The highest BCUT2D eigenvalue weighted by atomic mass is 16.5. The maximum atomic E-state index is 11.4. The Hall–Kier alpha value is -2.08. The van der Waals surface area contributed by atoms with Gasteiger partial charge >= 0.3 is 5.97 Å². The van der Waals surface area contributed by atoms with Crippen molar-refractivity contribution in [3.8, 4) is 5.75 Å². The number of carbonyl (C=O) groups excluding carboxylic acids is 1. The SMILES string of the molecule is CCCCCCCCCCCCCCCCCCOc1cc(NC(C)=O)cc(C(N)C(=O)O)c1. The van der Waals surface area contributed by atoms with Crippen LogP contribution in [-0.2, 0) is 9.59 Å². The number of aliphatic carboxylic acids is 1. The van der Waals surface area contributed by atoms with Gasteiger partial charge in [-0.15, -0.1) is 0 Å². The van der Waals surface area contributed by atoms with Crippen molar-refractivity contribution in [1.29, 1.82) is 0 Å². The highest BCUT2D eigenvalue weighted by molar-refractivity contribution is 5.89. The summed E-state index contributed by atoms with van der Waals surface area (Å²) in [7, 11) is 0. The van der Waals surface area contributed by atoms with Gasteiger partial charge in [-0.3, -0.25) is 9.59 Å². The van der Waals surface area contributed by atoms with E-state index < -0.39 is 12.0 Å². The number of rotatable bonds is 21. The van der Waals surface area contributed by atoms with E-state index in [0.717, 1.165) is 12.8 Å². The van der Waals surface area contributed by atoms with Crippen molar-refractivity contribution in [2.45, 2.75) is 123 Å². The Morgan fingerprint density at radius 3 is 1.74 bits per heavy atom. The minimum Gasteiger partial charge on any atom is -0.494 e. The third-order valence-corrected chi connectivity index (χ3v) is 6.14. The number of amides is 1. The van der Waals surface area contributed by atoms with Gasteiger partial charge in [-0.2, -0.15) is 0 Å². The molecule has 0 aliphatic carbocycles. The van der Waals surface area contributed by atoms with Crippen molar-refractivity contribution in [2.24, 2.45) is 5.73 Å². The number of benzene rings is 1. The molecule has 0 spiro atoms. The molecule has 0 saturated heterocycles. The molecule has 0 bridgehead atoms. The third-order valence-electron chi connectivity index (χ3n) is 6.14. The van der Waals surface area contributed by atoms with Crippen LogP contribution in [0.25, 0.3) is 0 Å². The van der Waals surface area contributed by atoms with Crippen molar-refractivity contribution >= 4 is 17.6 Å². The molecule has 0 radical (unpaired) electrons. The fourth-order valence-corrected chi connectivity index (χ4v) is 4.14. The van der Waals surface area contributed by atoms with Gasteiger partial charge in [-0.1, -0.05) is 103 Å². The summed E-state index contributed by atoms with van der Waals surface area (Å²) in [5.74, 6) is -0.826. The second-order valence-electron chi connectivity index (χ2n) is 9.44. The number of hydrogen-bond donors (Lipinski definition) is 3. The molecule has 6 heteroatoms. The number of hydrogen-bond acceptors (Lipinski definition) is 4. The van der Waals surface area contributed by atoms with Gasteiger partial charge in [-0.25, -0.2) is 0 Å². The number of nitrogens with two attached hydrogens (primary N) is 1. The zero-order chi connectivity index (χ0) is 25.0. The lowest BCUT2D eigenvalue weighted by Gasteiger charge is -2.14. The molecule has 1 unspecified atom stereocenters. The average molecular weight is 477 g/mol. The van der Waals surface area contributed by atoms with Crippen LogP contribution in [0.15, 0.2) is 18.2 Å². The maximum Gasteiger partial charge on any atom is 0.325 e. The van der Waals surface area contributed by atoms with E-state index in [1.54, 1.807) is 18.2 Å². The Morgan fingerprint density at radius 1 is 0.824 bits per heavy atom. The minimum absolute atomic E-state index is 0.232. The quantitative estimate of drug-likeness (QED) is 0.161. The van der Waals surface area contributed by atoms with Crippen LogP contribution < -0.4 is 15.8 Å². The molecule has 1 atom stereocenters. The van der Waals surface area contributed by atoms with Gasteiger partial charge in [0, 0.05) is 18.7 Å². The van der Waals surface area contributed by atoms with Crippen LogP contribution in [0.2, 0.25) is 0 Å². The molecule has 0 aliphatic rings. The van der Waals surface area contributed by atoms with Gasteiger partial charge in [0.05, 0.1) is 6.61 Å². The number of carboxylic acids is 1. The molecule has 0 saturated carbocycles. The number of nitrogens with one attached hydrogen (secondary N) is 1. The second kappa shape index (κ2) is 19.2. The Balaban J connectivity index is 2.10. The van der Waals surface area contributed by atoms with Crippen molar-refractivity contribution in [3.63, 3.8) is 0 Å². The van der Waals surface area contributed by atoms with Crippen molar-refractivity contribution < 1.29 is 19.4 Å². The van der Waals surface area contributed by atoms with E-state index in [9.17, 15) is 14.7 Å². The summed E-state index contributed by atoms with van der Waals surface area (Å²) in [6, 6.07) is 3.75. The van der Waals surface area contributed by atoms with Crippen molar-refractivity contribution in [2.75, 3.05) is 11.9 Å². The van der Waals surface area contributed by atoms with Gasteiger partial charge < -0.3 is 20.9 Å². The lowest BCUT2D eigenvalue weighted by atomic mass is 10.0. The second-order valence-corrected chi connectivity index (χ2v) is 9.44. The Kier molecular flexibility index (Phi) is 17.0. The van der Waals surface area contributed by atoms with Crippen LogP contribution in [0.5, 0.6) is 5.75 Å². The molecular weight excluding hydrogens is 428 g/mol. The van der Waals surface area contributed by atoms with Crippen LogP contribution in [0, 0.1) is 0 Å². The monoisotopic (exact) mass is 476 g/mol. The molecule has 1 aromatic carbocycles. The van der Waals surface area contributed by atoms with E-state index in [2.05, 4.69) is 12.2 Å². The fraction of sp³-hybridized carbons (Fsp3) is 0.714. The first kappa shape index (κ1) is 30.0. The van der Waals surface area contributed by atoms with Crippen molar-refractivity contribution in [3.05, 3.63) is 23.8 Å². The summed E-state index contributed by atoms with van der Waals surface area (Å²) >= 11 is 0. The van der Waals surface area contributed by atoms with Crippen LogP contribution in [-0.4, -0.2) is 23.6 Å². The standard InChI is InChI=1S/C28H48N2O4/c1-3-4-5-6-7-8-9-10-11-12-13-14-15-16-17-18-19-34-26-21-24(27(29)28(32)33)20-25(22-26)30-23(2)31/h20-22,27H,3-19,29H2,1-2H3,(H,30,31)(H,32,33). The van der Waals surface area contributed by atoms with Gasteiger partial charge in [0.25, 0.3) is 0 Å². The summed E-state index contributed by atoms with van der Waals surface area (Å²) in [6.45, 7) is 4.23. The molecule has 0 aliphatic heterocycles. The number of carboxylic acid groups (broad SMARTS) is 1. The average Bonchev–Trinajstić information content (AvgIpc) is 2.80. The first-order chi connectivity index (χ1) is 16.4. The molecule has 0 heterocycles. The van der Waals surface area contributed by atoms with Crippen molar-refractivity contribution in [1.82, 2.24) is 0 Å². The van der Waals surface area contributed by atoms with Gasteiger partial charge in [-0.05, 0) is 24.1 Å². The third kappa shape index (κ3) is 14.9. The first-order valence-corrected chi connectivity index (χ1v) is 13.5. The van der Waals surface area contributed by atoms with E-state index >= 15 is 0 Å². The van der Waals surface area contributed by atoms with E-state index in [1.807, 2.05) is 0 Å². The van der Waals surface area contributed by atoms with Gasteiger partial charge in [0.1, 0.15) is 11.8 Å². The molecule has 194 valence electrons. The van der Waals surface area contributed by atoms with Crippen LogP contribution in [0.3, 0.4) is 0 Å². The van der Waals surface area contributed by atoms with Gasteiger partial charge in [0.15, 0.2) is 0 Å². The molecule has 1 amide bonds. The molecule has 0 fully saturated rings. The van der Waals surface area contributed by atoms with Gasteiger partial charge in [0.2, 0.25) is 5.91 Å². The fourth-order valence-electron chi connectivity index (χ4n) is 4.14. The zero-order valence-electron chi connectivity index (χ0n) is 21.6. The Bertz CT molecular complexity index is 693. The summed E-state index contributed by atoms with van der Waals surface area (Å²) in [5.41, 5.74) is 6.63. The Morgan fingerprint density at radius 2 is 1.29 bits per heavy atom. The Labute approximate surface area is 207 Å². The number of anilines is 1. The highest BCUT2D eigenvalue weighted by Crippen LogP contribution is 2.25. The summed E-state index contributed by atoms with van der Waals surface area (Å²) < 4.78 is 5.82. The number of carbonyl (C=O) groups is 2. The highest BCUT2D eigenvalue weighted by Gasteiger charge is 2.16. The zero-order valence-corrected chi connectivity index (χ0v) is 21.6. The van der Waals surface area contributed by atoms with Crippen LogP contribution in [0.4, 0.5) is 5.69 Å². The molecule has 0 aromatic heterocycles. The van der Waals surface area contributed by atoms with E-state index in [-0.39, 0.29) is 5.91 Å². The molecule has 1 aromatic rings. The maximum absolute atomic E-state index is 11.4. The predicted molar refractivity (Wildman–Crippen MR) is 140 cm³/mol. The molecule has 34 heavy (non-hydrogen) atoms. The lowest BCUT2D eigenvalue weighted by molar-refractivity contribution is -0.138. The minimum atomic E-state index is -1.16. The van der Waals surface area contributed by atoms with Crippen LogP contribution in [0.1, 0.15) is 128 Å². The molecule has 4 N–H and O–H groups in total. The predicted octanol–water partition coefficient (Wildman–Crippen LogP) is 7.37. The van der Waals surface area contributed by atoms with E-state index in [0.29, 0.717) is 23.6 Å². The summed E-state index contributed by atoms with van der Waals surface area (Å²) in [4.78, 5) is 22.6. The lowest BCUT2D eigenvalue weighted by Crippen LogP contribution is -2.21. The van der Waals surface area contributed by atoms with E-state index in [4.69, 9.17) is 10.5 Å². The summed E-state index contributed by atoms with van der Waals surface area (Å²) in [6.07, 6.45) is 21.1. The van der Waals surface area contributed by atoms with E-state index in [1.165, 1.54) is 96.8 Å². The largest absolute Gasteiger partial charge is 0.494 e. The van der Waals surface area contributed by atoms with Crippen LogP contribution >= 0.6 is 0 Å².